The number of halogens is 1. The third kappa shape index (κ3) is 2.34. The molecule has 104 valence electrons. The molecule has 1 aliphatic heterocycles. The number of rotatable bonds is 1. The van der Waals surface area contributed by atoms with Crippen LogP contribution < -0.4 is 5.73 Å². The molecule has 1 atom stereocenters. The minimum absolute atomic E-state index is 0.0152. The monoisotopic (exact) mass is 274 g/mol. The van der Waals surface area contributed by atoms with Gasteiger partial charge >= 0.3 is 0 Å². The van der Waals surface area contributed by atoms with Gasteiger partial charge in [0.15, 0.2) is 0 Å². The average molecular weight is 274 g/mol. The van der Waals surface area contributed by atoms with E-state index in [1.54, 1.807) is 4.90 Å². The summed E-state index contributed by atoms with van der Waals surface area (Å²) in [5, 5.41) is 0. The van der Waals surface area contributed by atoms with E-state index in [9.17, 15) is 9.18 Å². The molecule has 0 radical (unpaired) electrons. The SMILES string of the molecule is N[C@H]1CCCN(C(=O)c2cc(F)cc3nccnc23)C1. The Morgan fingerprint density at radius 1 is 1.35 bits per heavy atom. The summed E-state index contributed by atoms with van der Waals surface area (Å²) in [6, 6.07) is 2.49. The Hall–Kier alpha value is -2.08. The lowest BCUT2D eigenvalue weighted by molar-refractivity contribution is 0.0710. The Labute approximate surface area is 115 Å². The van der Waals surface area contributed by atoms with Crippen molar-refractivity contribution in [2.45, 2.75) is 18.9 Å². The highest BCUT2D eigenvalue weighted by Gasteiger charge is 2.24. The Bertz CT molecular complexity index is 661. The van der Waals surface area contributed by atoms with E-state index in [2.05, 4.69) is 9.97 Å². The molecule has 0 bridgehead atoms. The van der Waals surface area contributed by atoms with E-state index in [1.165, 1.54) is 24.5 Å². The van der Waals surface area contributed by atoms with Gasteiger partial charge in [-0.25, -0.2) is 4.39 Å². The van der Waals surface area contributed by atoms with Gasteiger partial charge in [0, 0.05) is 37.6 Å². The number of nitrogens with zero attached hydrogens (tertiary/aromatic N) is 3. The quantitative estimate of drug-likeness (QED) is 0.851. The smallest absolute Gasteiger partial charge is 0.256 e. The average Bonchev–Trinajstić information content (AvgIpc) is 2.45. The summed E-state index contributed by atoms with van der Waals surface area (Å²) >= 11 is 0. The minimum atomic E-state index is -0.484. The molecule has 0 saturated carbocycles. The number of likely N-dealkylation sites (tertiary alicyclic amines) is 1. The molecule has 2 N–H and O–H groups in total. The number of carbonyl (C=O) groups excluding carboxylic acids is 1. The van der Waals surface area contributed by atoms with E-state index < -0.39 is 5.82 Å². The van der Waals surface area contributed by atoms with E-state index in [0.717, 1.165) is 12.8 Å². The largest absolute Gasteiger partial charge is 0.337 e. The molecule has 1 amide bonds. The second-order valence-electron chi connectivity index (χ2n) is 5.03. The highest BCUT2D eigenvalue weighted by molar-refractivity contribution is 6.04. The molecule has 20 heavy (non-hydrogen) atoms. The third-order valence-electron chi connectivity index (χ3n) is 3.51. The van der Waals surface area contributed by atoms with Crippen LogP contribution in [0, 0.1) is 5.82 Å². The second kappa shape index (κ2) is 5.13. The van der Waals surface area contributed by atoms with Crippen molar-refractivity contribution in [3.63, 3.8) is 0 Å². The van der Waals surface area contributed by atoms with Crippen molar-refractivity contribution in [1.29, 1.82) is 0 Å². The van der Waals surface area contributed by atoms with Crippen LogP contribution in [-0.4, -0.2) is 39.9 Å². The summed E-state index contributed by atoms with van der Waals surface area (Å²) in [6.07, 6.45) is 4.76. The molecule has 0 spiro atoms. The molecular formula is C14H15FN4O. The molecule has 0 unspecified atom stereocenters. The predicted molar refractivity (Wildman–Crippen MR) is 72.6 cm³/mol. The van der Waals surface area contributed by atoms with Crippen molar-refractivity contribution in [2.24, 2.45) is 5.73 Å². The molecule has 1 aliphatic rings. The van der Waals surface area contributed by atoms with Crippen molar-refractivity contribution in [2.75, 3.05) is 13.1 Å². The summed E-state index contributed by atoms with van der Waals surface area (Å²) in [6.45, 7) is 1.14. The molecule has 6 heteroatoms. The number of nitrogens with two attached hydrogens (primary N) is 1. The summed E-state index contributed by atoms with van der Waals surface area (Å²) in [4.78, 5) is 22.4. The summed E-state index contributed by atoms with van der Waals surface area (Å²) in [5.74, 6) is -0.715. The van der Waals surface area contributed by atoms with Gasteiger partial charge in [0.25, 0.3) is 5.91 Å². The van der Waals surface area contributed by atoms with Gasteiger partial charge in [0.1, 0.15) is 11.3 Å². The number of fused-ring (bicyclic) bond motifs is 1. The highest BCUT2D eigenvalue weighted by atomic mass is 19.1. The van der Waals surface area contributed by atoms with Crippen molar-refractivity contribution in [3.8, 4) is 0 Å². The van der Waals surface area contributed by atoms with Crippen LogP contribution in [0.4, 0.5) is 4.39 Å². The van der Waals surface area contributed by atoms with E-state index in [-0.39, 0.29) is 17.5 Å². The van der Waals surface area contributed by atoms with Crippen LogP contribution >= 0.6 is 0 Å². The van der Waals surface area contributed by atoms with E-state index >= 15 is 0 Å². The first kappa shape index (κ1) is 12.9. The number of aromatic nitrogens is 2. The Balaban J connectivity index is 2.02. The fourth-order valence-corrected chi connectivity index (χ4v) is 2.57. The molecule has 3 rings (SSSR count). The van der Waals surface area contributed by atoms with E-state index in [0.29, 0.717) is 24.1 Å². The van der Waals surface area contributed by atoms with Gasteiger partial charge in [-0.1, -0.05) is 0 Å². The van der Waals surface area contributed by atoms with Crippen molar-refractivity contribution >= 4 is 16.9 Å². The molecule has 1 fully saturated rings. The van der Waals surface area contributed by atoms with Crippen molar-refractivity contribution in [3.05, 3.63) is 35.9 Å². The van der Waals surface area contributed by atoms with Crippen molar-refractivity contribution < 1.29 is 9.18 Å². The van der Waals surface area contributed by atoms with Crippen LogP contribution in [-0.2, 0) is 0 Å². The number of benzene rings is 1. The van der Waals surface area contributed by atoms with Crippen LogP contribution in [0.2, 0.25) is 0 Å². The molecule has 1 aromatic carbocycles. The fraction of sp³-hybridized carbons (Fsp3) is 0.357. The number of carbonyl (C=O) groups is 1. The van der Waals surface area contributed by atoms with Crippen LogP contribution in [0.15, 0.2) is 24.5 Å². The zero-order chi connectivity index (χ0) is 14.1. The summed E-state index contributed by atoms with van der Waals surface area (Å²) < 4.78 is 13.6. The Morgan fingerprint density at radius 3 is 2.95 bits per heavy atom. The van der Waals surface area contributed by atoms with Crippen molar-refractivity contribution in [1.82, 2.24) is 14.9 Å². The fourth-order valence-electron chi connectivity index (χ4n) is 2.57. The Morgan fingerprint density at radius 2 is 2.15 bits per heavy atom. The van der Waals surface area contributed by atoms with Crippen LogP contribution in [0.1, 0.15) is 23.2 Å². The maximum Gasteiger partial charge on any atom is 0.256 e. The maximum absolute atomic E-state index is 13.6. The number of hydrogen-bond donors (Lipinski definition) is 1. The molecule has 0 aliphatic carbocycles. The van der Waals surface area contributed by atoms with E-state index in [1.807, 2.05) is 0 Å². The molecule has 1 saturated heterocycles. The first-order chi connectivity index (χ1) is 9.65. The van der Waals surface area contributed by atoms with Gasteiger partial charge in [0.05, 0.1) is 11.1 Å². The lowest BCUT2D eigenvalue weighted by Crippen LogP contribution is -2.45. The topological polar surface area (TPSA) is 72.1 Å². The second-order valence-corrected chi connectivity index (χ2v) is 5.03. The van der Waals surface area contributed by atoms with Crippen LogP contribution in [0.25, 0.3) is 11.0 Å². The number of piperidine rings is 1. The lowest BCUT2D eigenvalue weighted by Gasteiger charge is -2.30. The Kier molecular flexibility index (Phi) is 3.31. The van der Waals surface area contributed by atoms with Gasteiger partial charge in [-0.2, -0.15) is 0 Å². The van der Waals surface area contributed by atoms with Crippen LogP contribution in [0.3, 0.4) is 0 Å². The van der Waals surface area contributed by atoms with E-state index in [4.69, 9.17) is 5.73 Å². The minimum Gasteiger partial charge on any atom is -0.337 e. The molecular weight excluding hydrogens is 259 g/mol. The normalized spacial score (nSPS) is 19.3. The first-order valence-corrected chi connectivity index (χ1v) is 6.60. The van der Waals surface area contributed by atoms with Gasteiger partial charge in [0.2, 0.25) is 0 Å². The summed E-state index contributed by atoms with van der Waals surface area (Å²) in [5.41, 5.74) is 6.95. The van der Waals surface area contributed by atoms with Gasteiger partial charge in [-0.3, -0.25) is 14.8 Å². The number of hydrogen-bond acceptors (Lipinski definition) is 4. The lowest BCUT2D eigenvalue weighted by atomic mass is 10.0. The van der Waals surface area contributed by atoms with Gasteiger partial charge < -0.3 is 10.6 Å². The zero-order valence-corrected chi connectivity index (χ0v) is 10.9. The molecule has 2 heterocycles. The first-order valence-electron chi connectivity index (χ1n) is 6.60. The number of amides is 1. The molecule has 1 aromatic heterocycles. The predicted octanol–water partition coefficient (Wildman–Crippen LogP) is 1.33. The van der Waals surface area contributed by atoms with Crippen LogP contribution in [0.5, 0.6) is 0 Å². The molecule has 2 aromatic rings. The molecule has 5 nitrogen and oxygen atoms in total. The third-order valence-corrected chi connectivity index (χ3v) is 3.51. The summed E-state index contributed by atoms with van der Waals surface area (Å²) in [7, 11) is 0. The zero-order valence-electron chi connectivity index (χ0n) is 10.9. The van der Waals surface area contributed by atoms with Gasteiger partial charge in [-0.05, 0) is 18.9 Å². The van der Waals surface area contributed by atoms with Gasteiger partial charge in [-0.15, -0.1) is 0 Å². The maximum atomic E-state index is 13.6. The standard InChI is InChI=1S/C14H15FN4O/c15-9-6-11(13-12(7-9)17-3-4-18-13)14(20)19-5-1-2-10(16)8-19/h3-4,6-7,10H,1-2,5,8,16H2/t10-/m0/s1. The highest BCUT2D eigenvalue weighted by Crippen LogP contribution is 2.20.